The molecule has 0 saturated carbocycles. The molecule has 1 heterocycles. The van der Waals surface area contributed by atoms with Gasteiger partial charge in [-0.2, -0.15) is 0 Å². The second-order valence-electron chi connectivity index (χ2n) is 6.09. The molecule has 5 nitrogen and oxygen atoms in total. The number of aliphatic hydroxyl groups is 1. The molecule has 0 amide bonds. The Morgan fingerprint density at radius 3 is 2.52 bits per heavy atom. The lowest BCUT2D eigenvalue weighted by molar-refractivity contribution is 0.0481. The van der Waals surface area contributed by atoms with Crippen molar-refractivity contribution in [3.05, 3.63) is 24.3 Å². The summed E-state index contributed by atoms with van der Waals surface area (Å²) in [5.74, 6) is 0. The van der Waals surface area contributed by atoms with Crippen LogP contribution < -0.4 is 4.90 Å². The standard InChI is InChI=1S/C15H24N2O3S/c1-15(18)9-6-11-17(12-10-15)13-7-4-5-8-14(13)21(19,20)16(2)3/h4-5,7-8,18H,6,9-12H2,1-3H3. The molecular formula is C15H24N2O3S. The minimum atomic E-state index is -3.47. The minimum Gasteiger partial charge on any atom is -0.390 e. The average molecular weight is 312 g/mol. The third-order valence-corrected chi connectivity index (χ3v) is 5.89. The number of para-hydroxylation sites is 1. The molecule has 1 fully saturated rings. The first-order valence-corrected chi connectivity index (χ1v) is 8.67. The van der Waals surface area contributed by atoms with Gasteiger partial charge in [-0.25, -0.2) is 12.7 Å². The molecule has 118 valence electrons. The molecule has 0 aliphatic carbocycles. The molecule has 21 heavy (non-hydrogen) atoms. The second-order valence-corrected chi connectivity index (χ2v) is 8.21. The maximum Gasteiger partial charge on any atom is 0.244 e. The summed E-state index contributed by atoms with van der Waals surface area (Å²) in [6.07, 6.45) is 2.23. The number of benzene rings is 1. The lowest BCUT2D eigenvalue weighted by Crippen LogP contribution is -2.30. The number of nitrogens with zero attached hydrogens (tertiary/aromatic N) is 2. The molecule has 6 heteroatoms. The first-order valence-electron chi connectivity index (χ1n) is 7.23. The van der Waals surface area contributed by atoms with Crippen LogP contribution in [-0.2, 0) is 10.0 Å². The number of hydrogen-bond acceptors (Lipinski definition) is 4. The van der Waals surface area contributed by atoms with E-state index in [1.165, 1.54) is 4.31 Å². The maximum absolute atomic E-state index is 12.5. The largest absolute Gasteiger partial charge is 0.390 e. The normalized spacial score (nSPS) is 24.1. The summed E-state index contributed by atoms with van der Waals surface area (Å²) in [5, 5.41) is 10.2. The molecule has 0 bridgehead atoms. The summed E-state index contributed by atoms with van der Waals surface area (Å²) in [6, 6.07) is 7.09. The molecule has 1 aromatic rings. The van der Waals surface area contributed by atoms with Crippen molar-refractivity contribution >= 4 is 15.7 Å². The molecular weight excluding hydrogens is 288 g/mol. The predicted molar refractivity (Wildman–Crippen MR) is 84.0 cm³/mol. The Balaban J connectivity index is 2.37. The second kappa shape index (κ2) is 5.94. The molecule has 0 aromatic heterocycles. The first kappa shape index (κ1) is 16.3. The summed E-state index contributed by atoms with van der Waals surface area (Å²) < 4.78 is 26.2. The van der Waals surface area contributed by atoms with Gasteiger partial charge >= 0.3 is 0 Å². The van der Waals surface area contributed by atoms with E-state index in [1.54, 1.807) is 26.2 Å². The van der Waals surface area contributed by atoms with Crippen LogP contribution in [0.1, 0.15) is 26.2 Å². The Labute approximate surface area is 127 Å². The van der Waals surface area contributed by atoms with E-state index in [0.717, 1.165) is 25.1 Å². The van der Waals surface area contributed by atoms with Crippen LogP contribution in [0.25, 0.3) is 0 Å². The molecule has 1 unspecified atom stereocenters. The molecule has 0 radical (unpaired) electrons. The van der Waals surface area contributed by atoms with Crippen LogP contribution in [-0.4, -0.2) is 50.6 Å². The van der Waals surface area contributed by atoms with E-state index < -0.39 is 15.6 Å². The molecule has 1 saturated heterocycles. The van der Waals surface area contributed by atoms with Crippen molar-refractivity contribution in [1.82, 2.24) is 4.31 Å². The summed E-state index contributed by atoms with van der Waals surface area (Å²) in [4.78, 5) is 2.40. The Morgan fingerprint density at radius 1 is 1.19 bits per heavy atom. The van der Waals surface area contributed by atoms with Gasteiger partial charge in [-0.05, 0) is 38.3 Å². The molecule has 0 spiro atoms. The van der Waals surface area contributed by atoms with Crippen molar-refractivity contribution in [2.24, 2.45) is 0 Å². The van der Waals surface area contributed by atoms with Crippen molar-refractivity contribution in [3.63, 3.8) is 0 Å². The molecule has 1 atom stereocenters. The van der Waals surface area contributed by atoms with E-state index in [0.29, 0.717) is 17.9 Å². The predicted octanol–water partition coefficient (Wildman–Crippen LogP) is 1.68. The quantitative estimate of drug-likeness (QED) is 0.922. The van der Waals surface area contributed by atoms with Gasteiger partial charge in [0.1, 0.15) is 4.90 Å². The zero-order valence-corrected chi connectivity index (χ0v) is 13.7. The van der Waals surface area contributed by atoms with Crippen molar-refractivity contribution < 1.29 is 13.5 Å². The molecule has 1 aromatic carbocycles. The van der Waals surface area contributed by atoms with E-state index in [9.17, 15) is 13.5 Å². The van der Waals surface area contributed by atoms with Crippen molar-refractivity contribution in [2.75, 3.05) is 32.1 Å². The maximum atomic E-state index is 12.5. The van der Waals surface area contributed by atoms with Gasteiger partial charge in [-0.1, -0.05) is 12.1 Å². The minimum absolute atomic E-state index is 0.330. The van der Waals surface area contributed by atoms with Gasteiger partial charge in [0.15, 0.2) is 0 Å². The van der Waals surface area contributed by atoms with E-state index in [2.05, 4.69) is 4.90 Å². The number of anilines is 1. The Morgan fingerprint density at radius 2 is 1.86 bits per heavy atom. The summed E-state index contributed by atoms with van der Waals surface area (Å²) in [6.45, 7) is 3.27. The zero-order valence-electron chi connectivity index (χ0n) is 12.9. The lowest BCUT2D eigenvalue weighted by Gasteiger charge is -2.27. The highest BCUT2D eigenvalue weighted by Crippen LogP contribution is 2.30. The van der Waals surface area contributed by atoms with E-state index in [-0.39, 0.29) is 0 Å². The van der Waals surface area contributed by atoms with Crippen molar-refractivity contribution in [1.29, 1.82) is 0 Å². The highest BCUT2D eigenvalue weighted by atomic mass is 32.2. The molecule has 2 rings (SSSR count). The Kier molecular flexibility index (Phi) is 4.60. The molecule has 1 N–H and O–H groups in total. The van der Waals surface area contributed by atoms with Crippen LogP contribution in [0, 0.1) is 0 Å². The van der Waals surface area contributed by atoms with Gasteiger partial charge in [-0.3, -0.25) is 0 Å². The van der Waals surface area contributed by atoms with Gasteiger partial charge in [0.2, 0.25) is 10.0 Å². The fourth-order valence-electron chi connectivity index (χ4n) is 2.64. The highest BCUT2D eigenvalue weighted by Gasteiger charge is 2.28. The van der Waals surface area contributed by atoms with Crippen molar-refractivity contribution in [2.45, 2.75) is 36.7 Å². The molecule has 1 aliphatic heterocycles. The van der Waals surface area contributed by atoms with E-state index >= 15 is 0 Å². The fourth-order valence-corrected chi connectivity index (χ4v) is 3.74. The Bertz CT molecular complexity index is 597. The summed E-state index contributed by atoms with van der Waals surface area (Å²) >= 11 is 0. The van der Waals surface area contributed by atoms with Crippen LogP contribution in [0.3, 0.4) is 0 Å². The van der Waals surface area contributed by atoms with Crippen LogP contribution in [0.2, 0.25) is 0 Å². The van der Waals surface area contributed by atoms with Gasteiger partial charge in [0.05, 0.1) is 11.3 Å². The van der Waals surface area contributed by atoms with Gasteiger partial charge in [0.25, 0.3) is 0 Å². The van der Waals surface area contributed by atoms with Crippen LogP contribution in [0.15, 0.2) is 29.2 Å². The SMILES string of the molecule is CN(C)S(=O)(=O)c1ccccc1N1CCCC(C)(O)CC1. The van der Waals surface area contributed by atoms with E-state index in [1.807, 2.05) is 19.1 Å². The zero-order chi connectivity index (χ0) is 15.7. The smallest absolute Gasteiger partial charge is 0.244 e. The topological polar surface area (TPSA) is 60.9 Å². The summed E-state index contributed by atoms with van der Waals surface area (Å²) in [5.41, 5.74) is 0.0633. The monoisotopic (exact) mass is 312 g/mol. The summed E-state index contributed by atoms with van der Waals surface area (Å²) in [7, 11) is -0.386. The van der Waals surface area contributed by atoms with Crippen molar-refractivity contribution in [3.8, 4) is 0 Å². The van der Waals surface area contributed by atoms with Gasteiger partial charge < -0.3 is 10.0 Å². The molecule has 1 aliphatic rings. The average Bonchev–Trinajstić information content (AvgIpc) is 2.59. The van der Waals surface area contributed by atoms with Crippen LogP contribution in [0.5, 0.6) is 0 Å². The Hall–Kier alpha value is -1.11. The first-order chi connectivity index (χ1) is 9.74. The highest BCUT2D eigenvalue weighted by molar-refractivity contribution is 7.89. The van der Waals surface area contributed by atoms with Crippen LogP contribution in [0.4, 0.5) is 5.69 Å². The van der Waals surface area contributed by atoms with Gasteiger partial charge in [0, 0.05) is 27.2 Å². The fraction of sp³-hybridized carbons (Fsp3) is 0.600. The van der Waals surface area contributed by atoms with Gasteiger partial charge in [-0.15, -0.1) is 0 Å². The number of rotatable bonds is 3. The number of sulfonamides is 1. The van der Waals surface area contributed by atoms with Crippen LogP contribution >= 0.6 is 0 Å². The van der Waals surface area contributed by atoms with E-state index in [4.69, 9.17) is 0 Å². The third-order valence-electron chi connectivity index (χ3n) is 4.03. The third kappa shape index (κ3) is 3.56. The lowest BCUT2D eigenvalue weighted by atomic mass is 9.98. The number of hydrogen-bond donors (Lipinski definition) is 1.